The topological polar surface area (TPSA) is 32.8 Å². The predicted molar refractivity (Wildman–Crippen MR) is 109 cm³/mol. The summed E-state index contributed by atoms with van der Waals surface area (Å²) in [5.41, 5.74) is 1.60. The van der Waals surface area contributed by atoms with Crippen molar-refractivity contribution in [3.8, 4) is 5.75 Å². The van der Waals surface area contributed by atoms with Gasteiger partial charge in [-0.15, -0.1) is 0 Å². The highest BCUT2D eigenvalue weighted by molar-refractivity contribution is 8.26. The van der Waals surface area contributed by atoms with Gasteiger partial charge in [-0.25, -0.2) is 0 Å². The highest BCUT2D eigenvalue weighted by atomic mass is 35.5. The number of halogens is 2. The van der Waals surface area contributed by atoms with Crippen molar-refractivity contribution < 1.29 is 9.53 Å². The lowest BCUT2D eigenvalue weighted by Gasteiger charge is -2.15. The van der Waals surface area contributed by atoms with Gasteiger partial charge in [-0.05, 0) is 38.5 Å². The number of benzene rings is 1. The van der Waals surface area contributed by atoms with E-state index in [-0.39, 0.29) is 5.91 Å². The largest absolute Gasteiger partial charge is 0.437 e. The Bertz CT molecular complexity index is 836. The van der Waals surface area contributed by atoms with Crippen LogP contribution in [0.4, 0.5) is 5.69 Å². The number of fused-ring (bicyclic) bond motifs is 1. The maximum atomic E-state index is 12.3. The fourth-order valence-corrected chi connectivity index (χ4v) is 4.45. The Hall–Kier alpha value is -1.21. The molecule has 0 unspecified atom stereocenters. The summed E-state index contributed by atoms with van der Waals surface area (Å²) in [7, 11) is 0. The Kier molecular flexibility index (Phi) is 5.34. The summed E-state index contributed by atoms with van der Waals surface area (Å²) in [5.74, 6) is 1.11. The fourth-order valence-electron chi connectivity index (χ4n) is 2.64. The lowest BCUT2D eigenvalue weighted by molar-refractivity contribution is -0.122. The first-order valence-electron chi connectivity index (χ1n) is 7.78. The normalized spacial score (nSPS) is 20.0. The van der Waals surface area contributed by atoms with Crippen LogP contribution in [0.25, 0.3) is 0 Å². The maximum absolute atomic E-state index is 12.3. The van der Waals surface area contributed by atoms with Crippen molar-refractivity contribution in [3.05, 3.63) is 44.6 Å². The molecule has 0 spiro atoms. The molecule has 2 heterocycles. The van der Waals surface area contributed by atoms with Crippen molar-refractivity contribution in [2.75, 3.05) is 18.0 Å². The molecule has 0 atom stereocenters. The van der Waals surface area contributed by atoms with Gasteiger partial charge in [0, 0.05) is 24.2 Å². The van der Waals surface area contributed by atoms with Crippen LogP contribution in [0.2, 0.25) is 10.0 Å². The molecule has 0 aromatic heterocycles. The number of rotatable bonds is 3. The third-order valence-corrected chi connectivity index (χ3v) is 6.27. The van der Waals surface area contributed by atoms with Gasteiger partial charge in [0.2, 0.25) is 5.88 Å². The molecule has 0 bridgehead atoms. The summed E-state index contributed by atoms with van der Waals surface area (Å²) in [4.78, 5) is 16.4. The maximum Gasteiger partial charge on any atom is 0.266 e. The molecule has 3 rings (SSSR count). The molecule has 1 fully saturated rings. The van der Waals surface area contributed by atoms with E-state index in [4.69, 9.17) is 40.2 Å². The number of thiocarbonyl (C=S) groups is 1. The lowest BCUT2D eigenvalue weighted by atomic mass is 10.2. The van der Waals surface area contributed by atoms with Crippen molar-refractivity contribution in [1.82, 2.24) is 4.90 Å². The minimum atomic E-state index is -0.0789. The van der Waals surface area contributed by atoms with Crippen LogP contribution in [-0.4, -0.2) is 28.2 Å². The minimum Gasteiger partial charge on any atom is -0.437 e. The average Bonchev–Trinajstić information content (AvgIpc) is 3.07. The van der Waals surface area contributed by atoms with E-state index in [1.165, 1.54) is 11.8 Å². The zero-order valence-electron chi connectivity index (χ0n) is 13.9. The molecule has 2 aliphatic heterocycles. The summed E-state index contributed by atoms with van der Waals surface area (Å²) in [6, 6.07) is 1.85. The van der Waals surface area contributed by atoms with E-state index < -0.39 is 0 Å². The number of thioether (sulfide) groups is 1. The number of carbonyl (C=O) groups is 1. The molecule has 25 heavy (non-hydrogen) atoms. The van der Waals surface area contributed by atoms with Gasteiger partial charge in [0.15, 0.2) is 5.75 Å². The third-order valence-electron chi connectivity index (χ3n) is 4.03. The molecule has 8 heteroatoms. The van der Waals surface area contributed by atoms with E-state index in [1.807, 2.05) is 31.7 Å². The summed E-state index contributed by atoms with van der Waals surface area (Å²) >= 11 is 19.1. The van der Waals surface area contributed by atoms with Gasteiger partial charge < -0.3 is 9.64 Å². The molecule has 1 saturated heterocycles. The number of nitrogens with zero attached hydrogens (tertiary/aromatic N) is 2. The van der Waals surface area contributed by atoms with Gasteiger partial charge >= 0.3 is 0 Å². The Balaban J connectivity index is 1.95. The van der Waals surface area contributed by atoms with Gasteiger partial charge in [-0.3, -0.25) is 9.69 Å². The molecule has 132 valence electrons. The highest BCUT2D eigenvalue weighted by Gasteiger charge is 2.32. The van der Waals surface area contributed by atoms with Crippen LogP contribution in [-0.2, 0) is 4.79 Å². The van der Waals surface area contributed by atoms with Crippen molar-refractivity contribution in [1.29, 1.82) is 0 Å². The molecule has 0 radical (unpaired) electrons. The predicted octanol–water partition coefficient (Wildman–Crippen LogP) is 5.13. The Morgan fingerprint density at radius 2 is 1.92 bits per heavy atom. The quantitative estimate of drug-likeness (QED) is 0.505. The molecule has 1 aromatic carbocycles. The second-order valence-corrected chi connectivity index (χ2v) is 7.91. The van der Waals surface area contributed by atoms with E-state index in [1.54, 1.807) is 17.1 Å². The molecule has 1 amide bonds. The Morgan fingerprint density at radius 1 is 1.24 bits per heavy atom. The first-order valence-corrected chi connectivity index (χ1v) is 9.76. The van der Waals surface area contributed by atoms with Crippen molar-refractivity contribution in [2.45, 2.75) is 20.8 Å². The number of hydrogen-bond donors (Lipinski definition) is 0. The zero-order chi connectivity index (χ0) is 18.3. The zero-order valence-corrected chi connectivity index (χ0v) is 17.1. The van der Waals surface area contributed by atoms with Crippen LogP contribution in [0.3, 0.4) is 0 Å². The molecular formula is C17H16Cl2N2O2S2. The van der Waals surface area contributed by atoms with Crippen LogP contribution < -0.4 is 9.64 Å². The van der Waals surface area contributed by atoms with Gasteiger partial charge in [0.25, 0.3) is 5.91 Å². The van der Waals surface area contributed by atoms with E-state index in [2.05, 4.69) is 0 Å². The number of hydrogen-bond acceptors (Lipinski definition) is 5. The summed E-state index contributed by atoms with van der Waals surface area (Å²) < 4.78 is 6.51. The van der Waals surface area contributed by atoms with Crippen LogP contribution in [0.5, 0.6) is 5.75 Å². The molecule has 0 aliphatic carbocycles. The number of carbonyl (C=O) groups excluding carboxylic acids is 1. The van der Waals surface area contributed by atoms with Gasteiger partial charge in [0.1, 0.15) is 4.32 Å². The molecule has 0 saturated carbocycles. The third kappa shape index (κ3) is 3.16. The number of anilines is 1. The SMILES string of the molecule is CCN1C(=O)C(=CC=C2Oc3c(cc(Cl)c(C)c3Cl)N2CC)SC1=S. The van der Waals surface area contributed by atoms with E-state index >= 15 is 0 Å². The molecule has 4 nitrogen and oxygen atoms in total. The average molecular weight is 415 g/mol. The highest BCUT2D eigenvalue weighted by Crippen LogP contribution is 2.47. The number of allylic oxidation sites excluding steroid dienone is 2. The van der Waals surface area contributed by atoms with Gasteiger partial charge in [0.05, 0.1) is 15.6 Å². The number of likely N-dealkylation sites (N-methyl/N-ethyl adjacent to an activating group) is 1. The van der Waals surface area contributed by atoms with Crippen LogP contribution >= 0.6 is 47.2 Å². The smallest absolute Gasteiger partial charge is 0.266 e. The summed E-state index contributed by atoms with van der Waals surface area (Å²) in [6.45, 7) is 7.00. The monoisotopic (exact) mass is 414 g/mol. The Labute approximate surface area is 166 Å². The van der Waals surface area contributed by atoms with E-state index in [9.17, 15) is 4.79 Å². The molecule has 1 aromatic rings. The van der Waals surface area contributed by atoms with Crippen molar-refractivity contribution >= 4 is 63.1 Å². The van der Waals surface area contributed by atoms with Gasteiger partial charge in [-0.1, -0.05) is 47.2 Å². The standard InChI is InChI=1S/C17H16Cl2N2O2S2/c1-4-20-11-8-10(18)9(3)14(19)15(11)23-13(20)7-6-12-16(22)21(5-2)17(24)25-12/h6-8H,4-5H2,1-3H3. The fraction of sp³-hybridized carbons (Fsp3) is 0.294. The summed E-state index contributed by atoms with van der Waals surface area (Å²) in [6.07, 6.45) is 3.51. The molecule has 2 aliphatic rings. The Morgan fingerprint density at radius 3 is 2.52 bits per heavy atom. The molecular weight excluding hydrogens is 399 g/mol. The summed E-state index contributed by atoms with van der Waals surface area (Å²) in [5, 5.41) is 1.09. The van der Waals surface area contributed by atoms with Crippen LogP contribution in [0.15, 0.2) is 29.0 Å². The number of ether oxygens (including phenoxy) is 1. The number of amides is 1. The van der Waals surface area contributed by atoms with E-state index in [0.717, 1.165) is 11.3 Å². The van der Waals surface area contributed by atoms with Crippen molar-refractivity contribution in [3.63, 3.8) is 0 Å². The molecule has 0 N–H and O–H groups in total. The minimum absolute atomic E-state index is 0.0789. The first kappa shape index (κ1) is 18.6. The second-order valence-electron chi connectivity index (χ2n) is 5.45. The van der Waals surface area contributed by atoms with Crippen LogP contribution in [0, 0.1) is 6.92 Å². The van der Waals surface area contributed by atoms with E-state index in [0.29, 0.717) is 44.0 Å². The van der Waals surface area contributed by atoms with Crippen molar-refractivity contribution in [2.24, 2.45) is 0 Å². The lowest BCUT2D eigenvalue weighted by Crippen LogP contribution is -2.27. The second kappa shape index (κ2) is 7.19. The van der Waals surface area contributed by atoms with Gasteiger partial charge in [-0.2, -0.15) is 0 Å². The first-order chi connectivity index (χ1) is 11.9. The van der Waals surface area contributed by atoms with Crippen LogP contribution in [0.1, 0.15) is 19.4 Å².